The second-order valence-electron chi connectivity index (χ2n) is 5.12. The Morgan fingerprint density at radius 1 is 1.38 bits per heavy atom. The minimum absolute atomic E-state index is 0.0939. The maximum atomic E-state index is 11.9. The molecule has 1 aliphatic rings. The van der Waals surface area contributed by atoms with Gasteiger partial charge in [0.2, 0.25) is 5.91 Å². The molecule has 0 aliphatic carbocycles. The van der Waals surface area contributed by atoms with Crippen LogP contribution in [0.3, 0.4) is 0 Å². The molecule has 0 saturated carbocycles. The highest BCUT2D eigenvalue weighted by molar-refractivity contribution is 7.08. The Balaban J connectivity index is 1.73. The van der Waals surface area contributed by atoms with Gasteiger partial charge in [0.1, 0.15) is 0 Å². The van der Waals surface area contributed by atoms with Crippen LogP contribution >= 0.6 is 11.3 Å². The van der Waals surface area contributed by atoms with E-state index in [-0.39, 0.29) is 31.4 Å². The molecular weight excluding hydrogens is 292 g/mol. The highest BCUT2D eigenvalue weighted by Gasteiger charge is 2.33. The summed E-state index contributed by atoms with van der Waals surface area (Å²) in [5.41, 5.74) is 0.0313. The number of carbonyl (C=O) groups is 2. The third-order valence-electron chi connectivity index (χ3n) is 3.58. The van der Waals surface area contributed by atoms with Gasteiger partial charge in [-0.1, -0.05) is 0 Å². The predicted molar refractivity (Wildman–Crippen MR) is 79.3 cm³/mol. The summed E-state index contributed by atoms with van der Waals surface area (Å²) in [6.45, 7) is 1.26. The van der Waals surface area contributed by atoms with E-state index < -0.39 is 5.54 Å². The summed E-state index contributed by atoms with van der Waals surface area (Å²) < 4.78 is 5.24. The fraction of sp³-hybridized carbons (Fsp3) is 0.571. The molecule has 0 atom stereocenters. The first-order valence-electron chi connectivity index (χ1n) is 6.95. The molecule has 2 amide bonds. The van der Waals surface area contributed by atoms with Crippen LogP contribution in [0.25, 0.3) is 0 Å². The molecule has 6 nitrogen and oxygen atoms in total. The molecule has 2 rings (SSSR count). The largest absolute Gasteiger partial charge is 0.394 e. The van der Waals surface area contributed by atoms with Crippen LogP contribution in [0.5, 0.6) is 0 Å². The number of rotatable bonds is 6. The highest BCUT2D eigenvalue weighted by atomic mass is 32.1. The zero-order valence-electron chi connectivity index (χ0n) is 11.8. The molecule has 1 aromatic heterocycles. The van der Waals surface area contributed by atoms with Crippen LogP contribution in [-0.2, 0) is 9.53 Å². The van der Waals surface area contributed by atoms with E-state index in [1.165, 1.54) is 11.3 Å². The summed E-state index contributed by atoms with van der Waals surface area (Å²) in [4.78, 5) is 23.6. The van der Waals surface area contributed by atoms with Crippen LogP contribution in [0.15, 0.2) is 16.8 Å². The maximum Gasteiger partial charge on any atom is 0.252 e. The second-order valence-corrected chi connectivity index (χ2v) is 5.90. The van der Waals surface area contributed by atoms with E-state index in [1.807, 2.05) is 5.38 Å². The average molecular weight is 312 g/mol. The van der Waals surface area contributed by atoms with Crippen LogP contribution in [0.1, 0.15) is 29.6 Å². The molecule has 1 aliphatic heterocycles. The van der Waals surface area contributed by atoms with Crippen LogP contribution in [0.2, 0.25) is 0 Å². The first kappa shape index (κ1) is 15.9. The molecule has 1 aromatic rings. The Morgan fingerprint density at radius 3 is 2.76 bits per heavy atom. The lowest BCUT2D eigenvalue weighted by Crippen LogP contribution is -2.54. The number of nitrogens with one attached hydrogen (secondary N) is 2. The third-order valence-corrected chi connectivity index (χ3v) is 4.26. The van der Waals surface area contributed by atoms with Crippen molar-refractivity contribution in [2.75, 3.05) is 26.4 Å². The molecule has 3 N–H and O–H groups in total. The van der Waals surface area contributed by atoms with Gasteiger partial charge < -0.3 is 20.5 Å². The first-order chi connectivity index (χ1) is 10.2. The van der Waals surface area contributed by atoms with Crippen molar-refractivity contribution in [3.05, 3.63) is 22.4 Å². The van der Waals surface area contributed by atoms with Crippen LogP contribution < -0.4 is 10.6 Å². The summed E-state index contributed by atoms with van der Waals surface area (Å²) in [6, 6.07) is 1.74. The number of aliphatic hydroxyl groups is 1. The molecule has 0 spiro atoms. The van der Waals surface area contributed by atoms with E-state index in [2.05, 4.69) is 10.6 Å². The van der Waals surface area contributed by atoms with Crippen molar-refractivity contribution in [2.24, 2.45) is 0 Å². The zero-order valence-corrected chi connectivity index (χ0v) is 12.6. The first-order valence-corrected chi connectivity index (χ1v) is 7.89. The molecule has 0 radical (unpaired) electrons. The Morgan fingerprint density at radius 2 is 2.14 bits per heavy atom. The molecule has 0 unspecified atom stereocenters. The Bertz CT molecular complexity index is 469. The van der Waals surface area contributed by atoms with E-state index in [0.717, 1.165) is 0 Å². The predicted octanol–water partition coefficient (Wildman–Crippen LogP) is 0.526. The maximum absolute atomic E-state index is 11.9. The van der Waals surface area contributed by atoms with Gasteiger partial charge in [0.05, 0.1) is 12.1 Å². The number of amides is 2. The van der Waals surface area contributed by atoms with E-state index >= 15 is 0 Å². The number of hydrogen-bond donors (Lipinski definition) is 3. The van der Waals surface area contributed by atoms with Gasteiger partial charge in [-0.25, -0.2) is 0 Å². The molecule has 1 fully saturated rings. The van der Waals surface area contributed by atoms with E-state index in [9.17, 15) is 14.7 Å². The van der Waals surface area contributed by atoms with Crippen molar-refractivity contribution in [2.45, 2.75) is 24.8 Å². The average Bonchev–Trinajstić information content (AvgIpc) is 3.02. The van der Waals surface area contributed by atoms with Gasteiger partial charge >= 0.3 is 0 Å². The fourth-order valence-electron chi connectivity index (χ4n) is 2.23. The van der Waals surface area contributed by atoms with Crippen molar-refractivity contribution in [3.8, 4) is 0 Å². The number of thiophene rings is 1. The van der Waals surface area contributed by atoms with Gasteiger partial charge in [-0.15, -0.1) is 0 Å². The molecule has 2 heterocycles. The number of hydrogen-bond acceptors (Lipinski definition) is 5. The fourth-order valence-corrected chi connectivity index (χ4v) is 2.86. The van der Waals surface area contributed by atoms with Gasteiger partial charge in [0, 0.05) is 37.1 Å². The minimum atomic E-state index is -0.577. The van der Waals surface area contributed by atoms with Gasteiger partial charge in [0.15, 0.2) is 0 Å². The lowest BCUT2D eigenvalue weighted by molar-refractivity contribution is -0.125. The van der Waals surface area contributed by atoms with Crippen molar-refractivity contribution in [1.29, 1.82) is 0 Å². The lowest BCUT2D eigenvalue weighted by atomic mass is 9.91. The number of ether oxygens (including phenoxy) is 1. The van der Waals surface area contributed by atoms with Crippen LogP contribution in [0.4, 0.5) is 0 Å². The van der Waals surface area contributed by atoms with Crippen LogP contribution in [-0.4, -0.2) is 48.8 Å². The Hall–Kier alpha value is -1.44. The van der Waals surface area contributed by atoms with Gasteiger partial charge in [-0.2, -0.15) is 11.3 Å². The molecule has 21 heavy (non-hydrogen) atoms. The minimum Gasteiger partial charge on any atom is -0.394 e. The van der Waals surface area contributed by atoms with Crippen molar-refractivity contribution < 1.29 is 19.4 Å². The molecule has 0 bridgehead atoms. The molecular formula is C14H20N2O4S. The molecule has 1 saturated heterocycles. The second kappa shape index (κ2) is 7.53. The smallest absolute Gasteiger partial charge is 0.252 e. The molecule has 0 aromatic carbocycles. The standard InChI is InChI=1S/C14H20N2O4S/c17-10-14(3-6-20-7-4-14)16-12(18)1-5-15-13(19)11-2-8-21-9-11/h2,8-9,17H,1,3-7,10H2,(H,15,19)(H,16,18). The third kappa shape index (κ3) is 4.52. The van der Waals surface area contributed by atoms with Gasteiger partial charge in [-0.05, 0) is 24.3 Å². The summed E-state index contributed by atoms with van der Waals surface area (Å²) in [5.74, 6) is -0.344. The Kier molecular flexibility index (Phi) is 5.72. The monoisotopic (exact) mass is 312 g/mol. The van der Waals surface area contributed by atoms with E-state index in [4.69, 9.17) is 4.74 Å². The summed E-state index contributed by atoms with van der Waals surface area (Å²) in [7, 11) is 0. The Labute approximate surface area is 127 Å². The lowest BCUT2D eigenvalue weighted by Gasteiger charge is -2.36. The zero-order chi connectivity index (χ0) is 15.1. The van der Waals surface area contributed by atoms with E-state index in [1.54, 1.807) is 11.4 Å². The van der Waals surface area contributed by atoms with Gasteiger partial charge in [-0.3, -0.25) is 9.59 Å². The topological polar surface area (TPSA) is 87.7 Å². The highest BCUT2D eigenvalue weighted by Crippen LogP contribution is 2.20. The van der Waals surface area contributed by atoms with Crippen molar-refractivity contribution >= 4 is 23.2 Å². The summed E-state index contributed by atoms with van der Waals surface area (Å²) in [6.07, 6.45) is 1.41. The molecule has 7 heteroatoms. The van der Waals surface area contributed by atoms with E-state index in [0.29, 0.717) is 31.6 Å². The summed E-state index contributed by atoms with van der Waals surface area (Å²) in [5, 5.41) is 18.7. The molecule has 116 valence electrons. The quantitative estimate of drug-likeness (QED) is 0.715. The summed E-state index contributed by atoms with van der Waals surface area (Å²) >= 11 is 1.45. The number of carbonyl (C=O) groups excluding carboxylic acids is 2. The van der Waals surface area contributed by atoms with Crippen molar-refractivity contribution in [1.82, 2.24) is 10.6 Å². The van der Waals surface area contributed by atoms with Crippen LogP contribution in [0, 0.1) is 0 Å². The van der Waals surface area contributed by atoms with Gasteiger partial charge in [0.25, 0.3) is 5.91 Å². The number of aliphatic hydroxyl groups excluding tert-OH is 1. The normalized spacial score (nSPS) is 17.2. The SMILES string of the molecule is O=C(CCNC(=O)c1ccsc1)NC1(CO)CCOCC1. The van der Waals surface area contributed by atoms with Crippen molar-refractivity contribution in [3.63, 3.8) is 0 Å².